The van der Waals surface area contributed by atoms with Gasteiger partial charge in [-0.25, -0.2) is 13.1 Å². The minimum absolute atomic E-state index is 0.0175. The Morgan fingerprint density at radius 1 is 1.00 bits per heavy atom. The molecule has 0 bridgehead atoms. The molecule has 3 heterocycles. The first kappa shape index (κ1) is 30.3. The van der Waals surface area contributed by atoms with E-state index >= 15 is 0 Å². The summed E-state index contributed by atoms with van der Waals surface area (Å²) in [5.41, 5.74) is -0.879. The van der Waals surface area contributed by atoms with E-state index in [-0.39, 0.29) is 29.9 Å². The molecular formula is C27H25F3N6O5S. The number of nitrogens with zero attached hydrogens (tertiary/aromatic N) is 5. The lowest BCUT2D eigenvalue weighted by Gasteiger charge is -2.35. The largest absolute Gasteiger partial charge is 0.492 e. The van der Waals surface area contributed by atoms with Gasteiger partial charge in [0.2, 0.25) is 10.0 Å². The minimum atomic E-state index is -4.69. The molecule has 4 rings (SSSR count). The Kier molecular flexibility index (Phi) is 8.96. The highest BCUT2D eigenvalue weighted by Crippen LogP contribution is 2.31. The van der Waals surface area contributed by atoms with Gasteiger partial charge in [-0.2, -0.15) is 13.2 Å². The zero-order valence-corrected chi connectivity index (χ0v) is 23.3. The number of sulfonamides is 1. The highest BCUT2D eigenvalue weighted by atomic mass is 32.2. The summed E-state index contributed by atoms with van der Waals surface area (Å²) in [4.78, 5) is 32.4. The van der Waals surface area contributed by atoms with Crippen molar-refractivity contribution in [3.05, 3.63) is 76.7 Å². The molecule has 1 fully saturated rings. The van der Waals surface area contributed by atoms with Crippen molar-refractivity contribution in [3.63, 3.8) is 0 Å². The smallest absolute Gasteiger partial charge is 0.416 e. The van der Waals surface area contributed by atoms with E-state index in [9.17, 15) is 31.2 Å². The van der Waals surface area contributed by atoms with Crippen LogP contribution in [0.2, 0.25) is 0 Å². The van der Waals surface area contributed by atoms with E-state index in [0.717, 1.165) is 18.4 Å². The fourth-order valence-electron chi connectivity index (χ4n) is 4.02. The molecule has 11 nitrogen and oxygen atoms in total. The van der Waals surface area contributed by atoms with E-state index in [0.29, 0.717) is 36.8 Å². The van der Waals surface area contributed by atoms with Gasteiger partial charge in [-0.05, 0) is 43.3 Å². The third-order valence-corrected chi connectivity index (χ3v) is 6.49. The second-order valence-electron chi connectivity index (χ2n) is 9.15. The fraction of sp³-hybridized carbons (Fsp3) is 0.296. The Morgan fingerprint density at radius 2 is 1.71 bits per heavy atom. The monoisotopic (exact) mass is 602 g/mol. The standard InChI is InChI=1S/C27H25F3N6O5S/c1-3-41-22-14-19(16-31-17-22)5-4-18-12-20(15-21(13-18)27(28,29)30)26(38)36-10-8-35(9-11-36)24-7-6-23(32-33-24)25(37)34-42(2,39)40/h6-7,12-17H,3,8-11H2,1-2H3,(H,34,37). The van der Waals surface area contributed by atoms with E-state index < -0.39 is 33.6 Å². The number of nitrogens with one attached hydrogen (secondary N) is 1. The predicted molar refractivity (Wildman–Crippen MR) is 145 cm³/mol. The summed E-state index contributed by atoms with van der Waals surface area (Å²) in [5.74, 6) is 4.82. The Morgan fingerprint density at radius 3 is 2.33 bits per heavy atom. The van der Waals surface area contributed by atoms with Crippen LogP contribution in [0.1, 0.15) is 44.5 Å². The quantitative estimate of drug-likeness (QED) is 0.422. The molecule has 1 N–H and O–H groups in total. The number of piperazine rings is 1. The first-order valence-electron chi connectivity index (χ1n) is 12.5. The van der Waals surface area contributed by atoms with Crippen LogP contribution in [0.15, 0.2) is 48.8 Å². The normalized spacial score (nSPS) is 13.6. The highest BCUT2D eigenvalue weighted by Gasteiger charge is 2.33. The van der Waals surface area contributed by atoms with Gasteiger partial charge in [0, 0.05) is 49.1 Å². The number of ether oxygens (including phenoxy) is 1. The van der Waals surface area contributed by atoms with Crippen LogP contribution in [0.3, 0.4) is 0 Å². The average molecular weight is 603 g/mol. The first-order valence-corrected chi connectivity index (χ1v) is 14.4. The molecule has 0 aliphatic carbocycles. The van der Waals surface area contributed by atoms with Crippen LogP contribution in [0.25, 0.3) is 0 Å². The van der Waals surface area contributed by atoms with Crippen LogP contribution in [0.5, 0.6) is 5.75 Å². The maximum Gasteiger partial charge on any atom is 0.416 e. The third-order valence-electron chi connectivity index (χ3n) is 5.93. The first-order chi connectivity index (χ1) is 19.8. The van der Waals surface area contributed by atoms with Gasteiger partial charge in [-0.3, -0.25) is 14.6 Å². The minimum Gasteiger partial charge on any atom is -0.492 e. The van der Waals surface area contributed by atoms with E-state index in [1.807, 2.05) is 0 Å². The van der Waals surface area contributed by atoms with Gasteiger partial charge in [0.15, 0.2) is 11.5 Å². The maximum absolute atomic E-state index is 13.7. The van der Waals surface area contributed by atoms with Crippen molar-refractivity contribution >= 4 is 27.7 Å². The molecule has 1 saturated heterocycles. The number of carbonyl (C=O) groups excluding carboxylic acids is 2. The summed E-state index contributed by atoms with van der Waals surface area (Å²) in [6.45, 7) is 3.18. The van der Waals surface area contributed by atoms with Crippen molar-refractivity contribution in [2.45, 2.75) is 13.1 Å². The lowest BCUT2D eigenvalue weighted by molar-refractivity contribution is -0.137. The molecule has 42 heavy (non-hydrogen) atoms. The van der Waals surface area contributed by atoms with E-state index in [1.54, 1.807) is 22.6 Å². The summed E-state index contributed by atoms with van der Waals surface area (Å²) in [6, 6.07) is 7.43. The van der Waals surface area contributed by atoms with Crippen molar-refractivity contribution < 1.29 is 35.9 Å². The Labute approximate surface area is 239 Å². The summed E-state index contributed by atoms with van der Waals surface area (Å²) < 4.78 is 70.7. The van der Waals surface area contributed by atoms with Gasteiger partial charge in [-0.1, -0.05) is 11.8 Å². The number of aromatic nitrogens is 3. The molecule has 0 spiro atoms. The topological polar surface area (TPSA) is 135 Å². The molecule has 15 heteroatoms. The summed E-state index contributed by atoms with van der Waals surface area (Å²) in [7, 11) is -3.77. The maximum atomic E-state index is 13.7. The predicted octanol–water partition coefficient (Wildman–Crippen LogP) is 2.34. The fourth-order valence-corrected chi connectivity index (χ4v) is 4.46. The number of rotatable bonds is 6. The molecule has 0 radical (unpaired) electrons. The number of hydrogen-bond acceptors (Lipinski definition) is 9. The van der Waals surface area contributed by atoms with Crippen molar-refractivity contribution in [2.75, 3.05) is 43.9 Å². The zero-order chi connectivity index (χ0) is 30.5. The molecule has 0 saturated carbocycles. The van der Waals surface area contributed by atoms with Crippen molar-refractivity contribution in [3.8, 4) is 17.6 Å². The molecule has 0 atom stereocenters. The van der Waals surface area contributed by atoms with Crippen molar-refractivity contribution in [1.82, 2.24) is 24.8 Å². The molecule has 220 valence electrons. The van der Waals surface area contributed by atoms with E-state index in [4.69, 9.17) is 4.74 Å². The number of alkyl halides is 3. The Hall–Kier alpha value is -4.71. The van der Waals surface area contributed by atoms with E-state index in [1.165, 1.54) is 35.5 Å². The number of halogens is 3. The van der Waals surface area contributed by atoms with Crippen LogP contribution >= 0.6 is 0 Å². The van der Waals surface area contributed by atoms with Crippen molar-refractivity contribution in [1.29, 1.82) is 0 Å². The number of hydrogen-bond donors (Lipinski definition) is 1. The summed E-state index contributed by atoms with van der Waals surface area (Å²) in [5, 5.41) is 7.71. The summed E-state index contributed by atoms with van der Waals surface area (Å²) >= 11 is 0. The number of benzene rings is 1. The average Bonchev–Trinajstić information content (AvgIpc) is 2.95. The van der Waals surface area contributed by atoms with Gasteiger partial charge < -0.3 is 14.5 Å². The van der Waals surface area contributed by atoms with Gasteiger partial charge in [0.1, 0.15) is 5.75 Å². The SMILES string of the molecule is CCOc1cncc(C#Cc2cc(C(=O)N3CCN(c4ccc(C(=O)NS(C)(=O)=O)nn4)CC3)cc(C(F)(F)F)c2)c1. The second-order valence-corrected chi connectivity index (χ2v) is 10.9. The lowest BCUT2D eigenvalue weighted by atomic mass is 10.0. The molecule has 1 aromatic carbocycles. The van der Waals surface area contributed by atoms with E-state index in [2.05, 4.69) is 27.0 Å². The molecule has 1 aliphatic rings. The third kappa shape index (κ3) is 7.94. The second kappa shape index (κ2) is 12.4. The molecule has 1 aliphatic heterocycles. The number of amides is 2. The van der Waals surface area contributed by atoms with Gasteiger partial charge in [0.25, 0.3) is 11.8 Å². The molecule has 2 amide bonds. The van der Waals surface area contributed by atoms with Gasteiger partial charge >= 0.3 is 6.18 Å². The lowest BCUT2D eigenvalue weighted by Crippen LogP contribution is -2.49. The zero-order valence-electron chi connectivity index (χ0n) is 22.5. The number of carbonyl (C=O) groups is 2. The number of anilines is 1. The molecule has 2 aromatic heterocycles. The molecular weight excluding hydrogens is 577 g/mol. The van der Waals surface area contributed by atoms with Crippen LogP contribution in [0.4, 0.5) is 19.0 Å². The van der Waals surface area contributed by atoms with Crippen LogP contribution in [0, 0.1) is 11.8 Å². The Bertz CT molecular complexity index is 1650. The van der Waals surface area contributed by atoms with Crippen LogP contribution in [-0.4, -0.2) is 79.4 Å². The van der Waals surface area contributed by atoms with Crippen LogP contribution < -0.4 is 14.4 Å². The van der Waals surface area contributed by atoms with Crippen LogP contribution in [-0.2, 0) is 16.2 Å². The van der Waals surface area contributed by atoms with Crippen molar-refractivity contribution in [2.24, 2.45) is 0 Å². The number of pyridine rings is 1. The van der Waals surface area contributed by atoms with Gasteiger partial charge in [0.05, 0.1) is 24.6 Å². The molecule has 3 aromatic rings. The highest BCUT2D eigenvalue weighted by molar-refractivity contribution is 7.89. The summed E-state index contributed by atoms with van der Waals surface area (Å²) in [6.07, 6.45) is -0.901. The van der Waals surface area contributed by atoms with Gasteiger partial charge in [-0.15, -0.1) is 10.2 Å². The Balaban J connectivity index is 1.48. The molecule has 0 unspecified atom stereocenters.